The van der Waals surface area contributed by atoms with Crippen molar-refractivity contribution in [3.05, 3.63) is 143 Å². The summed E-state index contributed by atoms with van der Waals surface area (Å²) in [7, 11) is 1.55. The first-order valence-electron chi connectivity index (χ1n) is 38.7. The van der Waals surface area contributed by atoms with Crippen LogP contribution in [0.5, 0.6) is 5.75 Å². The third kappa shape index (κ3) is 26.2. The van der Waals surface area contributed by atoms with E-state index in [9.17, 15) is 87.5 Å². The second-order valence-corrected chi connectivity index (χ2v) is 30.9. The number of amides is 9. The number of imidazole rings is 1. The maximum Gasteiger partial charge on any atom is 0.305 e. The molecule has 0 aliphatic carbocycles. The third-order valence-electron chi connectivity index (χ3n) is 21.3. The van der Waals surface area contributed by atoms with Crippen molar-refractivity contribution in [2.24, 2.45) is 40.4 Å². The van der Waals surface area contributed by atoms with Crippen LogP contribution in [0.3, 0.4) is 0 Å². The van der Waals surface area contributed by atoms with Crippen LogP contribution >= 0.6 is 0 Å². The molecule has 6 rings (SSSR count). The molecular formula is C83H110F2N12O19. The van der Waals surface area contributed by atoms with E-state index in [0.29, 0.717) is 42.7 Å². The van der Waals surface area contributed by atoms with Gasteiger partial charge in [-0.05, 0) is 143 Å². The zero-order chi connectivity index (χ0) is 86.1. The number of carboxylic acid groups (broad SMARTS) is 1. The summed E-state index contributed by atoms with van der Waals surface area (Å²) < 4.78 is 36.7. The van der Waals surface area contributed by atoms with E-state index in [0.717, 1.165) is 61.2 Å². The fourth-order valence-electron chi connectivity index (χ4n) is 14.0. The van der Waals surface area contributed by atoms with Crippen molar-refractivity contribution in [3.8, 4) is 16.9 Å². The summed E-state index contributed by atoms with van der Waals surface area (Å²) in [4.78, 5) is 203. The number of nitrogens with zero attached hydrogens (tertiary/aromatic N) is 2. The van der Waals surface area contributed by atoms with Crippen LogP contribution in [0.1, 0.15) is 160 Å². The predicted molar refractivity (Wildman–Crippen MR) is 420 cm³/mol. The largest absolute Gasteiger partial charge is 0.497 e. The van der Waals surface area contributed by atoms with Gasteiger partial charge in [-0.25, -0.2) is 13.8 Å². The van der Waals surface area contributed by atoms with Crippen molar-refractivity contribution in [2.75, 3.05) is 20.3 Å². The number of nitrogens with one attached hydrogen (secondary N) is 7. The number of ether oxygens (including phenoxy) is 1. The maximum absolute atomic E-state index is 15.7. The van der Waals surface area contributed by atoms with E-state index in [4.69, 9.17) is 21.9 Å². The summed E-state index contributed by atoms with van der Waals surface area (Å²) in [6.45, 7) is 10.3. The fraction of sp³-hybridized carbons (Fsp3) is 0.506. The van der Waals surface area contributed by atoms with Crippen molar-refractivity contribution >= 4 is 82.3 Å². The number of H-pyrrole nitrogens is 1. The van der Waals surface area contributed by atoms with Crippen molar-refractivity contribution in [1.29, 1.82) is 0 Å². The van der Waals surface area contributed by atoms with Gasteiger partial charge in [0.25, 0.3) is 0 Å². The molecule has 17 N–H and O–H groups in total. The lowest BCUT2D eigenvalue weighted by atomic mass is 9.76. The summed E-state index contributed by atoms with van der Waals surface area (Å²) in [6, 6.07) is 15.0. The Kier molecular flexibility index (Phi) is 34.8. The lowest BCUT2D eigenvalue weighted by Gasteiger charge is -2.37. The van der Waals surface area contributed by atoms with E-state index in [1.807, 2.05) is 61.5 Å². The van der Waals surface area contributed by atoms with E-state index in [1.165, 1.54) is 31.3 Å². The molecule has 0 saturated carbocycles. The number of aromatic nitrogens is 2. The Labute approximate surface area is 671 Å². The summed E-state index contributed by atoms with van der Waals surface area (Å²) in [6.07, 6.45) is -6.30. The summed E-state index contributed by atoms with van der Waals surface area (Å²) >= 11 is 0. The van der Waals surface area contributed by atoms with Crippen molar-refractivity contribution < 1.29 is 101 Å². The van der Waals surface area contributed by atoms with E-state index in [1.54, 1.807) is 39.2 Å². The normalized spacial score (nSPS) is 17.0. The highest BCUT2D eigenvalue weighted by atomic mass is 19.1. The number of primary amides is 2. The minimum absolute atomic E-state index is 0.0473. The quantitative estimate of drug-likeness (QED) is 0.0266. The number of rotatable bonds is 48. The first kappa shape index (κ1) is 93.8. The molecule has 1 aromatic heterocycles. The van der Waals surface area contributed by atoms with E-state index >= 15 is 8.78 Å². The highest BCUT2D eigenvalue weighted by Gasteiger charge is 2.49. The molecule has 31 nitrogen and oxygen atoms in total. The van der Waals surface area contributed by atoms with Gasteiger partial charge in [-0.15, -0.1) is 0 Å². The Morgan fingerprint density at radius 1 is 0.698 bits per heavy atom. The Bertz CT molecular complexity index is 4300. The molecule has 1 aliphatic rings. The molecule has 2 heterocycles. The van der Waals surface area contributed by atoms with Gasteiger partial charge in [0, 0.05) is 74.9 Å². The summed E-state index contributed by atoms with van der Waals surface area (Å²) in [5.41, 5.74) is 15.7. The van der Waals surface area contributed by atoms with Crippen LogP contribution in [0.2, 0.25) is 0 Å². The molecule has 1 fully saturated rings. The SMILES string of the molecule is CCc1cc(OC)ccc1-c1ccc(C[C@H](CC(=O)[C@H](CC(=O)O)NC(=O)[C@H](CO)CC(=O)[C@@H](NC(=O)[C@@](C)(CC(=O)[C@@H](NC(=O)CCC(=O)[C@H](CCC(N)=O)NC(=O)[C@]2(C)CCCN2C(=O)[C@H](Cc2cnc[nH]2)NC(=O)[C@@H](N)C(C)C)[C@@H](C)O)Cc2c(F)cccc2F)[C@@H](C)O)C(=O)N[C@@](C)(CCCc2ccccc2)C(N)=O)cc1. The molecule has 0 unspecified atom stereocenters. The lowest BCUT2D eigenvalue weighted by Crippen LogP contribution is -2.62. The number of carbonyl (C=O) groups excluding carboxylic acids is 13. The number of nitrogens with two attached hydrogens (primary N) is 3. The van der Waals surface area contributed by atoms with Gasteiger partial charge in [-0.2, -0.15) is 0 Å². The number of aliphatic hydroxyl groups is 3. The molecule has 0 radical (unpaired) electrons. The van der Waals surface area contributed by atoms with Crippen LogP contribution in [0, 0.1) is 34.8 Å². The average molecular weight is 1620 g/mol. The van der Waals surface area contributed by atoms with E-state index < -0.39 is 234 Å². The Morgan fingerprint density at radius 3 is 1.91 bits per heavy atom. The molecule has 116 heavy (non-hydrogen) atoms. The van der Waals surface area contributed by atoms with E-state index in [-0.39, 0.29) is 44.6 Å². The number of Topliss-reactive ketones (excluding diaryl/α,β-unsaturated/α-hetero) is 4. The smallest absolute Gasteiger partial charge is 0.305 e. The number of aryl methyl sites for hydroxylation is 2. The highest BCUT2D eigenvalue weighted by Crippen LogP contribution is 2.35. The molecule has 33 heteroatoms. The molecule has 1 saturated heterocycles. The molecular weight excluding hydrogens is 1510 g/mol. The van der Waals surface area contributed by atoms with Gasteiger partial charge in [0.15, 0.2) is 23.1 Å². The highest BCUT2D eigenvalue weighted by molar-refractivity contribution is 6.01. The molecule has 4 aromatic carbocycles. The zero-order valence-electron chi connectivity index (χ0n) is 66.9. The van der Waals surface area contributed by atoms with Gasteiger partial charge in [0.2, 0.25) is 53.2 Å². The number of ketones is 4. The predicted octanol–water partition coefficient (Wildman–Crippen LogP) is 3.08. The number of likely N-dealkylation sites (tertiary alicyclic amines) is 1. The molecule has 9 amide bonds. The number of halogens is 2. The second kappa shape index (κ2) is 43.1. The summed E-state index contributed by atoms with van der Waals surface area (Å²) in [5, 5.41) is 58.0. The van der Waals surface area contributed by atoms with Gasteiger partial charge in [0.05, 0.1) is 68.1 Å². The van der Waals surface area contributed by atoms with Gasteiger partial charge in [-0.1, -0.05) is 94.4 Å². The van der Waals surface area contributed by atoms with Crippen LogP contribution in [-0.2, 0) is 99.2 Å². The standard InChI is InChI=1S/C83H110F2N12O19/c1-10-51-36-56(116-9)26-27-57(51)52-24-22-50(23-25-52)35-53(75(110)96-82(7,78(88)113)32-15-19-49-17-12-11-13-18-49)37-65(102)62(40-70(107)108)91-74(109)54(44-98)38-66(103)72(47(4)99)95-79(114)81(6,41-58-59(84)20-14-21-60(58)85)42-67(104)73(48(5)100)94-69(106)31-29-64(101)61(28-30-68(86)105)93-80(115)83(8)33-16-34-97(83)77(112)63(39-55-43-89-45-90-55)92-76(111)71(87)46(2)3/h11-14,17-18,20-27,36,43,45-48,53-54,61-63,71-73,98-100H,10,15-16,19,28-35,37-42,44,87H2,1-9H3,(H2,86,105)(H2,88,113)(H,89,90)(H,91,109)(H,92,111)(H,93,115)(H,94,106)(H,95,114)(H,96,110)(H,107,108)/t47-,48-,53-,54+,61+,62+,63+,71+,72+,73+,81-,82+,83+/m1/s1. The molecule has 13 atom stereocenters. The Hall–Kier alpha value is -11.0. The van der Waals surface area contributed by atoms with Crippen molar-refractivity contribution in [3.63, 3.8) is 0 Å². The fourth-order valence-corrected chi connectivity index (χ4v) is 14.0. The maximum atomic E-state index is 15.7. The number of aliphatic carboxylic acids is 1. The minimum Gasteiger partial charge on any atom is -0.497 e. The van der Waals surface area contributed by atoms with Gasteiger partial charge in [0.1, 0.15) is 46.6 Å². The lowest BCUT2D eigenvalue weighted by molar-refractivity contribution is -0.147. The van der Waals surface area contributed by atoms with Crippen LogP contribution in [0.15, 0.2) is 104 Å². The summed E-state index contributed by atoms with van der Waals surface area (Å²) in [5.74, 6) is -19.5. The van der Waals surface area contributed by atoms with Crippen molar-refractivity contribution in [2.45, 2.75) is 224 Å². The zero-order valence-corrected chi connectivity index (χ0v) is 66.9. The average Bonchev–Trinajstić information content (AvgIpc) is 1.66. The monoisotopic (exact) mass is 1620 g/mol. The third-order valence-corrected chi connectivity index (χ3v) is 21.3. The van der Waals surface area contributed by atoms with Gasteiger partial charge in [-0.3, -0.25) is 67.1 Å². The molecule has 630 valence electrons. The number of aromatic amines is 1. The molecule has 0 spiro atoms. The van der Waals surface area contributed by atoms with Crippen LogP contribution in [-0.4, -0.2) is 197 Å². The number of carboxylic acids is 1. The topological polar surface area (TPSA) is 511 Å². The number of hydrogen-bond acceptors (Lipinski definition) is 20. The van der Waals surface area contributed by atoms with Crippen LogP contribution < -0.4 is 53.8 Å². The first-order chi connectivity index (χ1) is 54.7. The number of benzene rings is 4. The number of methoxy groups -OCH3 is 1. The van der Waals surface area contributed by atoms with Gasteiger partial charge < -0.3 is 84.1 Å². The van der Waals surface area contributed by atoms with Crippen molar-refractivity contribution in [1.82, 2.24) is 46.8 Å². The van der Waals surface area contributed by atoms with Crippen LogP contribution in [0.25, 0.3) is 11.1 Å². The molecule has 0 bridgehead atoms. The Morgan fingerprint density at radius 2 is 1.34 bits per heavy atom. The minimum atomic E-state index is -2.38. The Balaban J connectivity index is 1.18. The van der Waals surface area contributed by atoms with E-state index in [2.05, 4.69) is 41.9 Å². The number of hydrogen-bond donors (Lipinski definition) is 14. The molecule has 5 aromatic rings. The number of carbonyl (C=O) groups is 14. The first-order valence-corrected chi connectivity index (χ1v) is 38.7. The van der Waals surface area contributed by atoms with Gasteiger partial charge >= 0.3 is 5.97 Å². The number of aliphatic hydroxyl groups excluding tert-OH is 3. The van der Waals surface area contributed by atoms with Crippen LogP contribution in [0.4, 0.5) is 8.78 Å². The molecule has 1 aliphatic heterocycles. The second-order valence-electron chi connectivity index (χ2n) is 30.9.